The molecule has 1 atom stereocenters. The van der Waals surface area contributed by atoms with E-state index in [2.05, 4.69) is 15.7 Å². The van der Waals surface area contributed by atoms with Gasteiger partial charge in [-0.25, -0.2) is 9.78 Å². The van der Waals surface area contributed by atoms with Crippen LogP contribution in [-0.2, 0) is 10.3 Å². The van der Waals surface area contributed by atoms with E-state index < -0.39 is 23.4 Å². The van der Waals surface area contributed by atoms with Crippen molar-refractivity contribution in [3.63, 3.8) is 0 Å². The van der Waals surface area contributed by atoms with E-state index in [1.165, 1.54) is 25.4 Å². The van der Waals surface area contributed by atoms with Crippen LogP contribution in [0.2, 0.25) is 0 Å². The summed E-state index contributed by atoms with van der Waals surface area (Å²) < 4.78 is 4.94. The maximum Gasteiger partial charge on any atom is 0.344 e. The smallest absolute Gasteiger partial charge is 0.344 e. The number of carbonyl (C=O) groups excluding carboxylic acids is 3. The van der Waals surface area contributed by atoms with Crippen LogP contribution in [0.4, 0.5) is 4.79 Å². The van der Waals surface area contributed by atoms with Crippen molar-refractivity contribution in [3.05, 3.63) is 59.8 Å². The average Bonchev–Trinajstić information content (AvgIpc) is 2.93. The minimum atomic E-state index is -1.20. The number of nitrogens with one attached hydrogen (secondary N) is 2. The number of nitrogens with zero attached hydrogens (tertiary/aromatic N) is 2. The molecule has 1 aromatic heterocycles. The zero-order chi connectivity index (χ0) is 18.7. The minimum Gasteiger partial charge on any atom is -0.481 e. The lowest BCUT2D eigenvalue weighted by molar-refractivity contribution is -0.133. The number of amides is 4. The number of urea groups is 1. The van der Waals surface area contributed by atoms with Crippen LogP contribution >= 0.6 is 0 Å². The molecule has 4 amide bonds. The summed E-state index contributed by atoms with van der Waals surface area (Å²) in [6.07, 6.45) is 1.65. The van der Waals surface area contributed by atoms with Crippen LogP contribution in [0.3, 0.4) is 0 Å². The van der Waals surface area contributed by atoms with Crippen LogP contribution in [0.25, 0.3) is 0 Å². The standard InChI is InChI=1S/C18H18N4O4/c1-3-18(13-7-5-4-6-8-13)16(24)22(17(25)20-18)21-15(23)12-9-10-14(26-2)19-11-12/h4-11H,3H2,1-2H3,(H,20,25)(H,21,23)/t18-/m0/s1. The van der Waals surface area contributed by atoms with E-state index in [0.717, 1.165) is 0 Å². The quantitative estimate of drug-likeness (QED) is 0.794. The van der Waals surface area contributed by atoms with Gasteiger partial charge in [-0.05, 0) is 18.1 Å². The molecule has 0 spiro atoms. The van der Waals surface area contributed by atoms with E-state index in [1.54, 1.807) is 31.2 Å². The Hall–Kier alpha value is -3.42. The van der Waals surface area contributed by atoms with E-state index in [-0.39, 0.29) is 5.56 Å². The van der Waals surface area contributed by atoms with Crippen molar-refractivity contribution in [2.24, 2.45) is 0 Å². The molecule has 1 aromatic carbocycles. The van der Waals surface area contributed by atoms with Crippen LogP contribution in [-0.4, -0.2) is 34.9 Å². The van der Waals surface area contributed by atoms with Gasteiger partial charge in [-0.1, -0.05) is 37.3 Å². The highest BCUT2D eigenvalue weighted by Gasteiger charge is 2.52. The molecule has 134 valence electrons. The van der Waals surface area contributed by atoms with Crippen molar-refractivity contribution >= 4 is 17.8 Å². The molecule has 26 heavy (non-hydrogen) atoms. The predicted octanol–water partition coefficient (Wildman–Crippen LogP) is 1.59. The highest BCUT2D eigenvalue weighted by atomic mass is 16.5. The number of hydrogen-bond donors (Lipinski definition) is 2. The number of carbonyl (C=O) groups is 3. The fraction of sp³-hybridized carbons (Fsp3) is 0.222. The van der Waals surface area contributed by atoms with Crippen LogP contribution in [0.15, 0.2) is 48.7 Å². The van der Waals surface area contributed by atoms with Crippen molar-refractivity contribution in [1.29, 1.82) is 0 Å². The molecule has 2 aromatic rings. The first-order valence-corrected chi connectivity index (χ1v) is 8.05. The Balaban J connectivity index is 1.83. The molecule has 2 heterocycles. The molecule has 8 heteroatoms. The second-order valence-corrected chi connectivity index (χ2v) is 5.73. The van der Waals surface area contributed by atoms with Gasteiger partial charge in [0, 0.05) is 12.3 Å². The van der Waals surface area contributed by atoms with Gasteiger partial charge >= 0.3 is 6.03 Å². The Bertz CT molecular complexity index is 838. The van der Waals surface area contributed by atoms with Gasteiger partial charge in [-0.2, -0.15) is 5.01 Å². The lowest BCUT2D eigenvalue weighted by Gasteiger charge is -2.25. The Morgan fingerprint density at radius 2 is 1.96 bits per heavy atom. The number of pyridine rings is 1. The van der Waals surface area contributed by atoms with Gasteiger partial charge < -0.3 is 10.1 Å². The summed E-state index contributed by atoms with van der Waals surface area (Å²) in [4.78, 5) is 41.6. The summed E-state index contributed by atoms with van der Waals surface area (Å²) in [5.74, 6) is -0.805. The largest absolute Gasteiger partial charge is 0.481 e. The number of ether oxygens (including phenoxy) is 1. The molecule has 8 nitrogen and oxygen atoms in total. The zero-order valence-corrected chi connectivity index (χ0v) is 14.4. The average molecular weight is 354 g/mol. The fourth-order valence-electron chi connectivity index (χ4n) is 2.84. The third-order valence-corrected chi connectivity index (χ3v) is 4.31. The molecule has 1 fully saturated rings. The number of hydrogen-bond acceptors (Lipinski definition) is 5. The first kappa shape index (κ1) is 17.4. The second-order valence-electron chi connectivity index (χ2n) is 5.73. The van der Waals surface area contributed by atoms with Crippen LogP contribution < -0.4 is 15.5 Å². The highest BCUT2D eigenvalue weighted by Crippen LogP contribution is 2.31. The van der Waals surface area contributed by atoms with Gasteiger partial charge in [0.05, 0.1) is 12.7 Å². The number of benzene rings is 1. The third-order valence-electron chi connectivity index (χ3n) is 4.31. The lowest BCUT2D eigenvalue weighted by Crippen LogP contribution is -2.48. The molecular weight excluding hydrogens is 336 g/mol. The first-order valence-electron chi connectivity index (χ1n) is 8.05. The van der Waals surface area contributed by atoms with Crippen LogP contribution in [0.1, 0.15) is 29.3 Å². The first-order chi connectivity index (χ1) is 12.5. The molecular formula is C18H18N4O4. The number of rotatable bonds is 5. The summed E-state index contributed by atoms with van der Waals surface area (Å²) in [6.45, 7) is 1.80. The highest BCUT2D eigenvalue weighted by molar-refractivity contribution is 6.09. The predicted molar refractivity (Wildman–Crippen MR) is 92.0 cm³/mol. The number of methoxy groups -OCH3 is 1. The van der Waals surface area contributed by atoms with Gasteiger partial charge in [0.2, 0.25) is 5.88 Å². The Morgan fingerprint density at radius 1 is 1.23 bits per heavy atom. The fourth-order valence-corrected chi connectivity index (χ4v) is 2.84. The second kappa shape index (κ2) is 6.83. The normalized spacial score (nSPS) is 19.2. The maximum atomic E-state index is 12.9. The van der Waals surface area contributed by atoms with Crippen molar-refractivity contribution in [2.45, 2.75) is 18.9 Å². The molecule has 3 rings (SSSR count). The van der Waals surface area contributed by atoms with E-state index >= 15 is 0 Å². The van der Waals surface area contributed by atoms with Crippen molar-refractivity contribution in [1.82, 2.24) is 20.7 Å². The third kappa shape index (κ3) is 2.85. The van der Waals surface area contributed by atoms with Gasteiger partial charge in [0.25, 0.3) is 11.8 Å². The van der Waals surface area contributed by atoms with E-state index in [4.69, 9.17) is 4.74 Å². The number of imide groups is 1. The molecule has 2 N–H and O–H groups in total. The summed E-state index contributed by atoms with van der Waals surface area (Å²) in [5.41, 5.74) is 1.99. The molecule has 0 radical (unpaired) electrons. The summed E-state index contributed by atoms with van der Waals surface area (Å²) in [5, 5.41) is 3.41. The monoisotopic (exact) mass is 354 g/mol. The van der Waals surface area contributed by atoms with Gasteiger partial charge in [0.15, 0.2) is 0 Å². The number of aromatic nitrogens is 1. The summed E-state index contributed by atoms with van der Waals surface area (Å²) in [6, 6.07) is 11.2. The number of hydrazine groups is 1. The van der Waals surface area contributed by atoms with Crippen molar-refractivity contribution in [3.8, 4) is 5.88 Å². The maximum absolute atomic E-state index is 12.9. The van der Waals surface area contributed by atoms with Gasteiger partial charge in [-0.3, -0.25) is 15.0 Å². The van der Waals surface area contributed by atoms with Crippen LogP contribution in [0.5, 0.6) is 5.88 Å². The molecule has 0 unspecified atom stereocenters. The summed E-state index contributed by atoms with van der Waals surface area (Å²) in [7, 11) is 1.46. The molecule has 1 aliphatic heterocycles. The van der Waals surface area contributed by atoms with E-state index in [0.29, 0.717) is 22.9 Å². The van der Waals surface area contributed by atoms with Gasteiger partial charge in [-0.15, -0.1) is 0 Å². The molecule has 1 saturated heterocycles. The molecule has 1 aliphatic rings. The zero-order valence-electron chi connectivity index (χ0n) is 14.4. The lowest BCUT2D eigenvalue weighted by atomic mass is 9.87. The Kier molecular flexibility index (Phi) is 4.57. The van der Waals surface area contributed by atoms with Crippen molar-refractivity contribution < 1.29 is 19.1 Å². The van der Waals surface area contributed by atoms with E-state index in [1.807, 2.05) is 6.07 Å². The summed E-state index contributed by atoms with van der Waals surface area (Å²) >= 11 is 0. The van der Waals surface area contributed by atoms with Gasteiger partial charge in [0.1, 0.15) is 5.54 Å². The van der Waals surface area contributed by atoms with Crippen molar-refractivity contribution in [2.75, 3.05) is 7.11 Å². The minimum absolute atomic E-state index is 0.195. The topological polar surface area (TPSA) is 101 Å². The Morgan fingerprint density at radius 3 is 2.54 bits per heavy atom. The molecule has 0 aliphatic carbocycles. The van der Waals surface area contributed by atoms with Crippen LogP contribution in [0, 0.1) is 0 Å². The van der Waals surface area contributed by atoms with E-state index in [9.17, 15) is 14.4 Å². The SMILES string of the molecule is CC[C@@]1(c2ccccc2)NC(=O)N(NC(=O)c2ccc(OC)nc2)C1=O. The Labute approximate surface area is 150 Å². The molecule has 0 saturated carbocycles. The molecule has 0 bridgehead atoms.